The lowest BCUT2D eigenvalue weighted by Crippen LogP contribution is -2.64. The van der Waals surface area contributed by atoms with Crippen LogP contribution < -0.4 is 24.3 Å². The predicted octanol–water partition coefficient (Wildman–Crippen LogP) is 7.03. The van der Waals surface area contributed by atoms with Crippen LogP contribution in [0, 0.1) is 11.8 Å². The van der Waals surface area contributed by atoms with Gasteiger partial charge < -0.3 is 54.1 Å². The summed E-state index contributed by atoms with van der Waals surface area (Å²) in [5.74, 6) is 3.81. The topological polar surface area (TPSA) is 125 Å². The number of para-hydroxylation sites is 2. The number of ether oxygens (including phenoxy) is 5. The van der Waals surface area contributed by atoms with Crippen molar-refractivity contribution in [3.8, 4) is 28.7 Å². The van der Waals surface area contributed by atoms with Crippen LogP contribution in [0.15, 0.2) is 103 Å². The third kappa shape index (κ3) is 9.06. The Balaban J connectivity index is 0.000000130. The van der Waals surface area contributed by atoms with Crippen LogP contribution in [0.3, 0.4) is 0 Å². The van der Waals surface area contributed by atoms with Crippen molar-refractivity contribution < 1.29 is 39.0 Å². The number of aliphatic hydroxyl groups is 2. The molecule has 4 aromatic carbocycles. The normalized spacial score (nSPS) is 29.5. The van der Waals surface area contributed by atoms with Crippen LogP contribution in [0.2, 0.25) is 0 Å². The maximum absolute atomic E-state index is 11.2. The van der Waals surface area contributed by atoms with Gasteiger partial charge in [-0.25, -0.2) is 0 Å². The van der Waals surface area contributed by atoms with E-state index < -0.39 is 11.7 Å². The number of aromatic hydroxyl groups is 1. The van der Waals surface area contributed by atoms with Crippen molar-refractivity contribution in [2.45, 2.75) is 86.9 Å². The second-order valence-corrected chi connectivity index (χ2v) is 18.2. The molecule has 4 N–H and O–H groups in total. The number of benzene rings is 4. The van der Waals surface area contributed by atoms with Crippen molar-refractivity contribution >= 4 is 0 Å². The van der Waals surface area contributed by atoms with E-state index in [4.69, 9.17) is 23.7 Å². The fourth-order valence-electron chi connectivity index (χ4n) is 11.2. The third-order valence-corrected chi connectivity index (χ3v) is 14.2. The average molecular weight is 862 g/mol. The van der Waals surface area contributed by atoms with Gasteiger partial charge in [-0.05, 0) is 107 Å². The number of phenolic OH excluding ortho intramolecular Hbond substituents is 1. The molecule has 3 fully saturated rings. The van der Waals surface area contributed by atoms with E-state index in [1.54, 1.807) is 13.2 Å². The van der Waals surface area contributed by atoms with Crippen LogP contribution in [-0.2, 0) is 22.2 Å². The van der Waals surface area contributed by atoms with Gasteiger partial charge in [-0.2, -0.15) is 0 Å². The maximum atomic E-state index is 11.2. The molecule has 0 radical (unpaired) electrons. The molecule has 6 aliphatic rings. The van der Waals surface area contributed by atoms with Gasteiger partial charge in [0, 0.05) is 48.5 Å². The highest BCUT2D eigenvalue weighted by Crippen LogP contribution is 2.62. The number of aliphatic hydroxyl groups excluding tert-OH is 1. The molecule has 3 aliphatic heterocycles. The molecule has 2 bridgehead atoms. The highest BCUT2D eigenvalue weighted by molar-refractivity contribution is 5.61. The summed E-state index contributed by atoms with van der Waals surface area (Å²) >= 11 is 0. The minimum atomic E-state index is -0.711. The molecule has 63 heavy (non-hydrogen) atoms. The van der Waals surface area contributed by atoms with Gasteiger partial charge in [0.25, 0.3) is 0 Å². The van der Waals surface area contributed by atoms with Gasteiger partial charge in [-0.1, -0.05) is 85.7 Å². The third-order valence-electron chi connectivity index (χ3n) is 14.2. The minimum Gasteiger partial charge on any atom is -0.504 e. The summed E-state index contributed by atoms with van der Waals surface area (Å²) in [6.07, 6.45) is 9.22. The zero-order chi connectivity index (χ0) is 44.1. The number of phenols is 1. The first kappa shape index (κ1) is 45.0. The van der Waals surface area contributed by atoms with Crippen molar-refractivity contribution in [2.24, 2.45) is 11.8 Å². The number of hydrogen-bond donors (Lipinski definition) is 4. The molecule has 1 saturated carbocycles. The van der Waals surface area contributed by atoms with E-state index in [9.17, 15) is 15.3 Å². The van der Waals surface area contributed by atoms with Crippen LogP contribution in [0.5, 0.6) is 28.7 Å². The van der Waals surface area contributed by atoms with Crippen LogP contribution in [0.4, 0.5) is 0 Å². The van der Waals surface area contributed by atoms with Gasteiger partial charge in [0.15, 0.2) is 29.1 Å². The van der Waals surface area contributed by atoms with E-state index in [2.05, 4.69) is 54.5 Å². The van der Waals surface area contributed by atoms with E-state index in [0.29, 0.717) is 36.8 Å². The molecule has 3 heterocycles. The molecule has 0 aromatic heterocycles. The van der Waals surface area contributed by atoms with Crippen LogP contribution in [-0.4, -0.2) is 117 Å². The van der Waals surface area contributed by atoms with E-state index in [0.717, 1.165) is 86.7 Å². The second kappa shape index (κ2) is 19.6. The van der Waals surface area contributed by atoms with E-state index >= 15 is 0 Å². The summed E-state index contributed by atoms with van der Waals surface area (Å²) in [7, 11) is 8.00. The largest absolute Gasteiger partial charge is 0.504 e. The minimum absolute atomic E-state index is 0.0270. The van der Waals surface area contributed by atoms with Crippen LogP contribution in [0.1, 0.15) is 67.4 Å². The van der Waals surface area contributed by atoms with Crippen molar-refractivity contribution in [1.82, 2.24) is 15.1 Å². The quantitative estimate of drug-likeness (QED) is 0.123. The Kier molecular flexibility index (Phi) is 14.0. The Labute approximate surface area is 373 Å². The first-order valence-corrected chi connectivity index (χ1v) is 22.9. The van der Waals surface area contributed by atoms with Crippen molar-refractivity contribution in [2.75, 3.05) is 67.6 Å². The molecule has 11 nitrogen and oxygen atoms in total. The molecule has 1 spiro atoms. The zero-order valence-electron chi connectivity index (χ0n) is 37.6. The van der Waals surface area contributed by atoms with E-state index in [-0.39, 0.29) is 29.5 Å². The Morgan fingerprint density at radius 1 is 0.952 bits per heavy atom. The van der Waals surface area contributed by atoms with E-state index in [1.807, 2.05) is 85.8 Å². The second-order valence-electron chi connectivity index (χ2n) is 18.2. The summed E-state index contributed by atoms with van der Waals surface area (Å²) in [5, 5.41) is 35.2. The monoisotopic (exact) mass is 861 g/mol. The van der Waals surface area contributed by atoms with Gasteiger partial charge >= 0.3 is 0 Å². The first-order chi connectivity index (χ1) is 30.6. The number of rotatable bonds is 10. The number of methoxy groups -OCH3 is 1. The Bertz CT molecular complexity index is 2160. The number of morpholine rings is 1. The Morgan fingerprint density at radius 3 is 2.49 bits per heavy atom. The molecule has 0 amide bonds. The molecule has 3 aliphatic carbocycles. The molecule has 4 aromatic rings. The average Bonchev–Trinajstić information content (AvgIpc) is 3.67. The molecule has 0 unspecified atom stereocenters. The number of hydrogen-bond acceptors (Lipinski definition) is 11. The predicted molar refractivity (Wildman–Crippen MR) is 245 cm³/mol. The van der Waals surface area contributed by atoms with Gasteiger partial charge in [0.05, 0.1) is 25.9 Å². The summed E-state index contributed by atoms with van der Waals surface area (Å²) < 4.78 is 29.3. The zero-order valence-corrected chi connectivity index (χ0v) is 37.6. The molecular formula is C52H67N3O8. The molecule has 11 heteroatoms. The number of likely N-dealkylation sites (tertiary alicyclic amines) is 1. The molecule has 10 rings (SSSR count). The summed E-state index contributed by atoms with van der Waals surface area (Å²) in [6.45, 7) is 6.87. The lowest BCUT2D eigenvalue weighted by molar-refractivity contribution is -0.0619. The Hall–Kier alpha value is -4.62. The number of piperidine rings is 1. The number of nitrogens with zero attached hydrogens (tertiary/aromatic N) is 2. The highest BCUT2D eigenvalue weighted by Gasteiger charge is 2.64. The Morgan fingerprint density at radius 2 is 1.75 bits per heavy atom. The van der Waals surface area contributed by atoms with Crippen LogP contribution in [0.25, 0.3) is 0 Å². The van der Waals surface area contributed by atoms with Crippen molar-refractivity contribution in [3.63, 3.8) is 0 Å². The standard InChI is InChI=1S/C19H23NO3.C17H19NO3.C16H25NO2/c1-2-21-16-10-6-7-11-17(16)23-19(15-8-4-3-5-9-15)18-14-20-12-13-22-18;1-18-7-6-17-10-3-5-13(20)16(17)21-15-12(19)4-2-9(14(15)17)8-11(10)18;1-17(2)12-14-7-4-5-10-16(14,18)13-8-6-9-15(11-13)19-3/h3-11,18-20H,2,12-14H2,1H3;2-5,10-11,13,16,19-20H,6-8H2,1H3;6,8-9,11,14,18H,4-5,7,10,12H2,1-3H3/t18-,19-;10-,11+,13-,16-,17-;14-,16+/m101/s1. The van der Waals surface area contributed by atoms with Crippen molar-refractivity contribution in [3.05, 3.63) is 125 Å². The lowest BCUT2D eigenvalue weighted by Gasteiger charge is -2.56. The summed E-state index contributed by atoms with van der Waals surface area (Å²) in [5.41, 5.74) is 3.68. The maximum Gasteiger partial charge on any atom is 0.165 e. The van der Waals surface area contributed by atoms with Gasteiger partial charge in [-0.3, -0.25) is 0 Å². The molecular weight excluding hydrogens is 795 g/mol. The van der Waals surface area contributed by atoms with Gasteiger partial charge in [0.2, 0.25) is 0 Å². The van der Waals surface area contributed by atoms with Gasteiger partial charge in [0.1, 0.15) is 24.1 Å². The van der Waals surface area contributed by atoms with Crippen molar-refractivity contribution in [1.29, 1.82) is 0 Å². The number of likely N-dealkylation sites (N-methyl/N-ethyl adjacent to an activating group) is 1. The van der Waals surface area contributed by atoms with Crippen LogP contribution >= 0.6 is 0 Å². The van der Waals surface area contributed by atoms with E-state index in [1.165, 1.54) is 17.5 Å². The lowest BCUT2D eigenvalue weighted by atomic mass is 9.53. The summed E-state index contributed by atoms with van der Waals surface area (Å²) in [4.78, 5) is 4.60. The van der Waals surface area contributed by atoms with Gasteiger partial charge in [-0.15, -0.1) is 0 Å². The fraction of sp³-hybridized carbons (Fsp3) is 0.500. The molecule has 9 atom stereocenters. The first-order valence-electron chi connectivity index (χ1n) is 22.9. The highest BCUT2D eigenvalue weighted by atomic mass is 16.6. The molecule has 338 valence electrons. The number of nitrogens with one attached hydrogen (secondary N) is 1. The molecule has 2 saturated heterocycles. The SMILES string of the molecule is CCOc1ccccc1O[C@H](c1ccccc1)[C@H]1CNCCO1.CN1CC[C@]23c4c5ccc(O)c4O[C@H]2[C@@H](O)C=C[C@H]3[C@H]1C5.COc1cccc([C@@]2(O)CCCC[C@@H]2CN(C)C)c1. The fourth-order valence-corrected chi connectivity index (χ4v) is 11.2. The smallest absolute Gasteiger partial charge is 0.165 e. The summed E-state index contributed by atoms with van der Waals surface area (Å²) in [6, 6.07) is 30.1.